The van der Waals surface area contributed by atoms with Crippen LogP contribution in [0.4, 0.5) is 5.69 Å². The van der Waals surface area contributed by atoms with Gasteiger partial charge in [-0.15, -0.1) is 0 Å². The summed E-state index contributed by atoms with van der Waals surface area (Å²) in [6.07, 6.45) is 1.74. The minimum atomic E-state index is -1.09. The largest absolute Gasteiger partial charge is 0.322 e. The van der Waals surface area contributed by atoms with Crippen LogP contribution in [0.3, 0.4) is 0 Å². The standard InChI is InChI=1S/C14H21ClNOP.Y/c1-6-18(4,5)9-13(17)16-14-10(2)7-12(15)8-11(14)3;/h7-8H,6,9H2,1-5H3;/p+1. The van der Waals surface area contributed by atoms with E-state index in [1.165, 1.54) is 0 Å². The van der Waals surface area contributed by atoms with Crippen molar-refractivity contribution in [3.05, 3.63) is 28.3 Å². The summed E-state index contributed by atoms with van der Waals surface area (Å²) >= 11 is 5.98. The average Bonchev–Trinajstić information content (AvgIpc) is 2.22. The molecule has 0 unspecified atom stereocenters. The van der Waals surface area contributed by atoms with E-state index in [9.17, 15) is 4.79 Å². The van der Waals surface area contributed by atoms with Gasteiger partial charge in [-0.1, -0.05) is 11.6 Å². The molecule has 0 bridgehead atoms. The van der Waals surface area contributed by atoms with E-state index >= 15 is 0 Å². The molecule has 103 valence electrons. The molecule has 0 aliphatic heterocycles. The molecule has 1 aromatic carbocycles. The first kappa shape index (κ1) is 19.5. The topological polar surface area (TPSA) is 29.1 Å². The van der Waals surface area contributed by atoms with Crippen LogP contribution >= 0.6 is 18.9 Å². The van der Waals surface area contributed by atoms with Crippen molar-refractivity contribution in [2.75, 3.05) is 31.0 Å². The summed E-state index contributed by atoms with van der Waals surface area (Å²) in [7, 11) is -1.09. The molecule has 1 radical (unpaired) electrons. The van der Waals surface area contributed by atoms with Gasteiger partial charge in [0.05, 0.1) is 6.16 Å². The van der Waals surface area contributed by atoms with Crippen LogP contribution in [-0.4, -0.2) is 31.6 Å². The molecule has 5 heteroatoms. The SMILES string of the molecule is CC[P+](C)(C)CC(=O)Nc1c(C)cc(Cl)cc1C.[Y]. The Balaban J connectivity index is 0.00000324. The van der Waals surface area contributed by atoms with Crippen molar-refractivity contribution < 1.29 is 37.5 Å². The fourth-order valence-electron chi connectivity index (χ4n) is 1.79. The summed E-state index contributed by atoms with van der Waals surface area (Å²) in [5.41, 5.74) is 2.93. The Bertz CT molecular complexity index is 440. The van der Waals surface area contributed by atoms with Crippen LogP contribution in [0.5, 0.6) is 0 Å². The maximum absolute atomic E-state index is 12.1. The Kier molecular flexibility index (Phi) is 8.30. The van der Waals surface area contributed by atoms with E-state index < -0.39 is 7.26 Å². The second-order valence-electron chi connectivity index (χ2n) is 5.37. The average molecular weight is 376 g/mol. The molecule has 0 aliphatic carbocycles. The van der Waals surface area contributed by atoms with E-state index in [0.29, 0.717) is 11.2 Å². The second kappa shape index (κ2) is 8.08. The number of amides is 1. The van der Waals surface area contributed by atoms with Gasteiger partial charge in [-0.3, -0.25) is 4.79 Å². The molecule has 1 amide bonds. The Labute approximate surface area is 147 Å². The fourth-order valence-corrected chi connectivity index (χ4v) is 3.19. The van der Waals surface area contributed by atoms with Crippen LogP contribution in [0.2, 0.25) is 5.02 Å². The minimum absolute atomic E-state index is 0. The maximum atomic E-state index is 12.1. The van der Waals surface area contributed by atoms with Gasteiger partial charge in [0.1, 0.15) is 6.16 Å². The molecule has 0 saturated carbocycles. The molecule has 0 aliphatic rings. The van der Waals surface area contributed by atoms with Crippen molar-refractivity contribution in [3.8, 4) is 0 Å². The first-order valence-corrected chi connectivity index (χ1v) is 9.57. The number of benzene rings is 1. The molecule has 0 aromatic heterocycles. The molecule has 1 aromatic rings. The van der Waals surface area contributed by atoms with Crippen molar-refractivity contribution in [2.24, 2.45) is 0 Å². The van der Waals surface area contributed by atoms with Gasteiger partial charge in [0.2, 0.25) is 0 Å². The Morgan fingerprint density at radius 2 is 1.74 bits per heavy atom. The Morgan fingerprint density at radius 1 is 1.26 bits per heavy atom. The van der Waals surface area contributed by atoms with Crippen LogP contribution in [0.1, 0.15) is 18.1 Å². The van der Waals surface area contributed by atoms with E-state index in [1.54, 1.807) is 0 Å². The number of nitrogens with one attached hydrogen (secondary N) is 1. The van der Waals surface area contributed by atoms with E-state index in [2.05, 4.69) is 25.6 Å². The summed E-state index contributed by atoms with van der Waals surface area (Å²) in [4.78, 5) is 12.1. The first-order valence-electron chi connectivity index (χ1n) is 6.14. The number of carbonyl (C=O) groups is 1. The molecular formula is C14H22ClNOPY+. The van der Waals surface area contributed by atoms with Crippen LogP contribution in [-0.2, 0) is 37.5 Å². The molecule has 1 rings (SSSR count). The van der Waals surface area contributed by atoms with Crippen molar-refractivity contribution in [1.29, 1.82) is 0 Å². The van der Waals surface area contributed by atoms with Crippen LogP contribution in [0.25, 0.3) is 0 Å². The molecule has 0 saturated heterocycles. The third-order valence-electron chi connectivity index (χ3n) is 3.19. The molecule has 0 spiro atoms. The zero-order valence-corrected chi connectivity index (χ0v) is 16.9. The number of hydrogen-bond acceptors (Lipinski definition) is 1. The van der Waals surface area contributed by atoms with Gasteiger partial charge in [0.25, 0.3) is 5.91 Å². The van der Waals surface area contributed by atoms with Gasteiger partial charge in [-0.05, 0) is 44.0 Å². The Morgan fingerprint density at radius 3 is 2.16 bits per heavy atom. The number of carbonyl (C=O) groups excluding carboxylic acids is 1. The third-order valence-corrected chi connectivity index (χ3v) is 6.26. The van der Waals surface area contributed by atoms with Crippen molar-refractivity contribution >= 4 is 30.5 Å². The summed E-state index contributed by atoms with van der Waals surface area (Å²) in [6, 6.07) is 3.76. The van der Waals surface area contributed by atoms with Crippen LogP contribution < -0.4 is 5.32 Å². The summed E-state index contributed by atoms with van der Waals surface area (Å²) in [5.74, 6) is 0.115. The molecule has 2 nitrogen and oxygen atoms in total. The summed E-state index contributed by atoms with van der Waals surface area (Å²) < 4.78 is 0. The van der Waals surface area contributed by atoms with E-state index in [0.717, 1.165) is 23.0 Å². The number of hydrogen-bond donors (Lipinski definition) is 1. The molecule has 1 N–H and O–H groups in total. The maximum Gasteiger partial charge on any atom is 0.261 e. The van der Waals surface area contributed by atoms with Crippen molar-refractivity contribution in [2.45, 2.75) is 20.8 Å². The molecular weight excluding hydrogens is 353 g/mol. The zero-order valence-electron chi connectivity index (χ0n) is 12.4. The number of aryl methyl sites for hydroxylation is 2. The molecule has 19 heavy (non-hydrogen) atoms. The normalized spacial score (nSPS) is 10.8. The quantitative estimate of drug-likeness (QED) is 0.786. The summed E-state index contributed by atoms with van der Waals surface area (Å²) in [6.45, 7) is 10.5. The van der Waals surface area contributed by atoms with Gasteiger partial charge in [0, 0.05) is 64.0 Å². The van der Waals surface area contributed by atoms with Gasteiger partial charge in [-0.2, -0.15) is 0 Å². The van der Waals surface area contributed by atoms with Gasteiger partial charge < -0.3 is 5.32 Å². The minimum Gasteiger partial charge on any atom is -0.322 e. The fraction of sp³-hybridized carbons (Fsp3) is 0.500. The van der Waals surface area contributed by atoms with E-state index in [4.69, 9.17) is 11.6 Å². The summed E-state index contributed by atoms with van der Waals surface area (Å²) in [5, 5.41) is 3.74. The molecule has 0 fully saturated rings. The van der Waals surface area contributed by atoms with Crippen molar-refractivity contribution in [1.82, 2.24) is 0 Å². The monoisotopic (exact) mass is 375 g/mol. The number of rotatable bonds is 4. The molecule has 0 atom stereocenters. The first-order chi connectivity index (χ1) is 8.25. The Hall–Kier alpha value is 0.514. The predicted octanol–water partition coefficient (Wildman–Crippen LogP) is 4.19. The van der Waals surface area contributed by atoms with Crippen molar-refractivity contribution in [3.63, 3.8) is 0 Å². The van der Waals surface area contributed by atoms with E-state index in [-0.39, 0.29) is 38.6 Å². The number of anilines is 1. The second-order valence-corrected chi connectivity index (χ2v) is 10.6. The van der Waals surface area contributed by atoms with Crippen LogP contribution in [0, 0.1) is 13.8 Å². The zero-order chi connectivity index (χ0) is 13.9. The van der Waals surface area contributed by atoms with E-state index in [1.807, 2.05) is 26.0 Å². The third kappa shape index (κ3) is 6.21. The van der Waals surface area contributed by atoms with Gasteiger partial charge in [0.15, 0.2) is 0 Å². The predicted molar refractivity (Wildman–Crippen MR) is 83.7 cm³/mol. The van der Waals surface area contributed by atoms with Crippen LogP contribution in [0.15, 0.2) is 12.1 Å². The van der Waals surface area contributed by atoms with Gasteiger partial charge in [-0.25, -0.2) is 0 Å². The molecule has 0 heterocycles. The number of halogens is 1. The smallest absolute Gasteiger partial charge is 0.261 e. The van der Waals surface area contributed by atoms with Gasteiger partial charge >= 0.3 is 0 Å².